The number of para-hydroxylation sites is 3. The molecule has 8 rings (SSSR count). The Morgan fingerprint density at radius 2 is 1.45 bits per heavy atom. The predicted molar refractivity (Wildman–Crippen MR) is 175 cm³/mol. The second-order valence-electron chi connectivity index (χ2n) is 12.7. The lowest BCUT2D eigenvalue weighted by atomic mass is 9.79. The fourth-order valence-electron chi connectivity index (χ4n) is 7.17. The lowest BCUT2D eigenvalue weighted by molar-refractivity contribution is -0.427. The summed E-state index contributed by atoms with van der Waals surface area (Å²) in [6.45, 7) is 9.09. The van der Waals surface area contributed by atoms with Crippen molar-refractivity contribution in [2.75, 3.05) is 7.05 Å². The third-order valence-corrected chi connectivity index (χ3v) is 9.17. The van der Waals surface area contributed by atoms with Gasteiger partial charge in [0, 0.05) is 21.9 Å². The van der Waals surface area contributed by atoms with E-state index >= 15 is 0 Å². The molecule has 2 aliphatic heterocycles. The first kappa shape index (κ1) is 23.0. The van der Waals surface area contributed by atoms with Gasteiger partial charge in [-0.25, -0.2) is 4.58 Å². The van der Waals surface area contributed by atoms with Crippen LogP contribution in [0.4, 0.5) is 0 Å². The van der Waals surface area contributed by atoms with Gasteiger partial charge in [0.1, 0.15) is 12.8 Å². The molecule has 0 saturated heterocycles. The lowest BCUT2D eigenvalue weighted by Crippen LogP contribution is -2.38. The molecule has 3 heterocycles. The van der Waals surface area contributed by atoms with E-state index in [2.05, 4.69) is 105 Å². The smallest absolute Gasteiger partial charge is 0.230 e. The summed E-state index contributed by atoms with van der Waals surface area (Å²) in [7, 11) is 2.12. The third kappa shape index (κ3) is 3.49. The highest BCUT2D eigenvalue weighted by Gasteiger charge is 2.45. The van der Waals surface area contributed by atoms with E-state index in [0.29, 0.717) is 12.1 Å². The molecule has 0 bridgehead atoms. The van der Waals surface area contributed by atoms with Gasteiger partial charge in [-0.1, -0.05) is 93.6 Å². The molecular weight excluding hydrogens is 512 g/mol. The summed E-state index contributed by atoms with van der Waals surface area (Å²) >= 11 is 0. The minimum absolute atomic E-state index is 0.0315. The van der Waals surface area contributed by atoms with Crippen molar-refractivity contribution in [3.8, 4) is 11.4 Å². The number of ether oxygens (including phenoxy) is 1. The van der Waals surface area contributed by atoms with Crippen molar-refractivity contribution in [3.63, 3.8) is 0 Å². The van der Waals surface area contributed by atoms with Crippen LogP contribution in [-0.2, 0) is 5.41 Å². The monoisotopic (exact) mass is 549 g/mol. The standard InChI is InChI=1S/C39H35N2O/c1-24-25-13-6-7-14-26(25)32(39(2,3)4)23-31(24)36-38-30(21-22-40(36)5)29-17-12-20-35(37(29)42-38)41-33-18-10-8-15-27(33)28-16-9-11-19-34(28)41/h6-23,30,38H,1-5H3/q+1/i18D,19D. The van der Waals surface area contributed by atoms with Crippen molar-refractivity contribution >= 4 is 38.3 Å². The van der Waals surface area contributed by atoms with Crippen molar-refractivity contribution in [2.45, 2.75) is 45.1 Å². The molecule has 0 fully saturated rings. The molecule has 0 aliphatic carbocycles. The Labute approximate surface area is 249 Å². The van der Waals surface area contributed by atoms with E-state index in [0.717, 1.165) is 44.5 Å². The number of aryl methyl sites for hydroxylation is 1. The number of hydrogen-bond acceptors (Lipinski definition) is 1. The SMILES string of the molecule is [2H]c1cccc2c3cccc([2H])c3n(-c3cccc4c3OC3C(c5cc(C(C)(C)C)c6ccccc6c5C)=[N+](C)C=CC43)c12. The van der Waals surface area contributed by atoms with Crippen LogP contribution in [0.3, 0.4) is 0 Å². The molecule has 6 aromatic rings. The minimum atomic E-state index is -0.215. The van der Waals surface area contributed by atoms with Gasteiger partial charge < -0.3 is 9.30 Å². The van der Waals surface area contributed by atoms with E-state index in [4.69, 9.17) is 7.48 Å². The van der Waals surface area contributed by atoms with E-state index in [1.165, 1.54) is 27.5 Å². The summed E-state index contributed by atoms with van der Waals surface area (Å²) in [6, 6.07) is 29.9. The molecule has 2 unspecified atom stereocenters. The molecule has 0 N–H and O–H groups in total. The number of fused-ring (bicyclic) bond motifs is 7. The number of hydrogen-bond donors (Lipinski definition) is 0. The molecule has 206 valence electrons. The van der Waals surface area contributed by atoms with Crippen LogP contribution in [0.1, 0.15) is 51.7 Å². The second-order valence-corrected chi connectivity index (χ2v) is 12.7. The fraction of sp³-hybridized carbons (Fsp3) is 0.205. The zero-order chi connectivity index (χ0) is 30.5. The van der Waals surface area contributed by atoms with Crippen LogP contribution in [0.5, 0.6) is 5.75 Å². The van der Waals surface area contributed by atoms with Crippen molar-refractivity contribution < 1.29 is 12.1 Å². The molecule has 2 aliphatic rings. The zero-order valence-corrected chi connectivity index (χ0v) is 24.7. The highest BCUT2D eigenvalue weighted by molar-refractivity contribution is 6.10. The first-order chi connectivity index (χ1) is 21.1. The molecule has 3 heteroatoms. The van der Waals surface area contributed by atoms with Crippen molar-refractivity contribution in [3.05, 3.63) is 132 Å². The average Bonchev–Trinajstić information content (AvgIpc) is 3.55. The van der Waals surface area contributed by atoms with Crippen LogP contribution in [0.15, 0.2) is 109 Å². The minimum Gasteiger partial charge on any atom is -0.476 e. The second kappa shape index (κ2) is 8.93. The lowest BCUT2D eigenvalue weighted by Gasteiger charge is -2.26. The highest BCUT2D eigenvalue weighted by atomic mass is 16.5. The third-order valence-electron chi connectivity index (χ3n) is 9.17. The summed E-state index contributed by atoms with van der Waals surface area (Å²) < 4.78 is 29.2. The summed E-state index contributed by atoms with van der Waals surface area (Å²) in [5.74, 6) is 0.860. The molecular formula is C39H35N2O+. The topological polar surface area (TPSA) is 17.2 Å². The van der Waals surface area contributed by atoms with Crippen LogP contribution < -0.4 is 4.74 Å². The number of aromatic nitrogens is 1. The number of benzene rings is 5. The maximum Gasteiger partial charge on any atom is 0.230 e. The van der Waals surface area contributed by atoms with Gasteiger partial charge in [0.15, 0.2) is 12.3 Å². The zero-order valence-electron chi connectivity index (χ0n) is 26.7. The van der Waals surface area contributed by atoms with Crippen LogP contribution in [-0.4, -0.2) is 28.0 Å². The number of nitrogens with zero attached hydrogens (tertiary/aromatic N) is 2. The first-order valence-electron chi connectivity index (χ1n) is 15.8. The van der Waals surface area contributed by atoms with Gasteiger partial charge in [0.25, 0.3) is 0 Å². The molecule has 0 amide bonds. The van der Waals surface area contributed by atoms with Gasteiger partial charge in [-0.05, 0) is 64.5 Å². The number of rotatable bonds is 2. The quantitative estimate of drug-likeness (QED) is 0.197. The Balaban J connectivity index is 1.35. The predicted octanol–water partition coefficient (Wildman–Crippen LogP) is 9.05. The summed E-state index contributed by atoms with van der Waals surface area (Å²) in [5.41, 5.74) is 8.51. The van der Waals surface area contributed by atoms with E-state index in [-0.39, 0.29) is 17.4 Å². The average molecular weight is 550 g/mol. The van der Waals surface area contributed by atoms with E-state index in [9.17, 15) is 0 Å². The Morgan fingerprint density at radius 3 is 2.14 bits per heavy atom. The van der Waals surface area contributed by atoms with Crippen LogP contribution in [0, 0.1) is 6.92 Å². The summed E-state index contributed by atoms with van der Waals surface area (Å²) in [4.78, 5) is 0. The van der Waals surface area contributed by atoms with E-state index in [1.807, 2.05) is 36.4 Å². The largest absolute Gasteiger partial charge is 0.476 e. The molecule has 1 aromatic heterocycles. The van der Waals surface area contributed by atoms with Crippen molar-refractivity contribution in [1.29, 1.82) is 0 Å². The Bertz CT molecular complexity index is 2190. The molecule has 0 radical (unpaired) electrons. The first-order valence-corrected chi connectivity index (χ1v) is 14.8. The highest BCUT2D eigenvalue weighted by Crippen LogP contribution is 2.47. The Kier molecular flexibility index (Phi) is 4.89. The molecule has 5 aromatic carbocycles. The maximum atomic E-state index is 8.90. The molecule has 3 nitrogen and oxygen atoms in total. The Hall–Kier alpha value is -4.63. The van der Waals surface area contributed by atoms with Gasteiger partial charge >= 0.3 is 0 Å². The molecule has 0 spiro atoms. The maximum absolute atomic E-state index is 8.90. The van der Waals surface area contributed by atoms with Gasteiger partial charge in [0.05, 0.1) is 25.4 Å². The molecule has 0 saturated carbocycles. The Morgan fingerprint density at radius 1 is 0.810 bits per heavy atom. The van der Waals surface area contributed by atoms with Gasteiger partial charge in [0.2, 0.25) is 5.71 Å². The van der Waals surface area contributed by atoms with E-state index < -0.39 is 0 Å². The van der Waals surface area contributed by atoms with Crippen LogP contribution in [0.2, 0.25) is 0 Å². The normalized spacial score (nSPS) is 18.8. The van der Waals surface area contributed by atoms with Crippen molar-refractivity contribution in [1.82, 2.24) is 4.57 Å². The van der Waals surface area contributed by atoms with Crippen LogP contribution >= 0.6 is 0 Å². The summed E-state index contributed by atoms with van der Waals surface area (Å²) in [5, 5.41) is 4.52. The molecule has 2 atom stereocenters. The van der Waals surface area contributed by atoms with E-state index in [1.54, 1.807) is 0 Å². The summed E-state index contributed by atoms with van der Waals surface area (Å²) in [6.07, 6.45) is 4.22. The van der Waals surface area contributed by atoms with Gasteiger partial charge in [-0.3, -0.25) is 0 Å². The van der Waals surface area contributed by atoms with Gasteiger partial charge in [-0.15, -0.1) is 0 Å². The molecule has 42 heavy (non-hydrogen) atoms. The fourth-order valence-corrected chi connectivity index (χ4v) is 7.17. The van der Waals surface area contributed by atoms with Crippen LogP contribution in [0.25, 0.3) is 38.3 Å². The van der Waals surface area contributed by atoms with Gasteiger partial charge in [-0.2, -0.15) is 0 Å². The van der Waals surface area contributed by atoms with Crippen molar-refractivity contribution in [2.24, 2.45) is 0 Å².